The quantitative estimate of drug-likeness (QED) is 0.133. The number of piperidine rings is 1. The second-order valence-electron chi connectivity index (χ2n) is 14.3. The van der Waals surface area contributed by atoms with Crippen LogP contribution in [0.25, 0.3) is 22.0 Å². The van der Waals surface area contributed by atoms with Crippen molar-refractivity contribution in [1.29, 1.82) is 0 Å². The maximum atomic E-state index is 13.6. The van der Waals surface area contributed by atoms with Gasteiger partial charge in [-0.05, 0) is 81.1 Å². The van der Waals surface area contributed by atoms with Gasteiger partial charge in [-0.1, -0.05) is 47.5 Å². The van der Waals surface area contributed by atoms with Crippen LogP contribution in [-0.4, -0.2) is 85.9 Å². The first-order chi connectivity index (χ1) is 26.2. The molecule has 0 spiro atoms. The molecule has 0 bridgehead atoms. The number of nitrogens with zero attached hydrogens (tertiary/aromatic N) is 6. The van der Waals surface area contributed by atoms with Crippen LogP contribution in [0.2, 0.25) is 10.0 Å². The zero-order chi connectivity index (χ0) is 37.3. The number of halogens is 2. The van der Waals surface area contributed by atoms with Crippen LogP contribution in [0, 0.1) is 5.92 Å². The van der Waals surface area contributed by atoms with E-state index >= 15 is 0 Å². The summed E-state index contributed by atoms with van der Waals surface area (Å²) in [5.41, 5.74) is 5.53. The Kier molecular flexibility index (Phi) is 10.5. The molecule has 1 amide bonds. The van der Waals surface area contributed by atoms with Crippen LogP contribution >= 0.6 is 23.2 Å². The molecule has 8 rings (SSSR count). The number of rotatable bonds is 9. The van der Waals surface area contributed by atoms with Gasteiger partial charge in [-0.15, -0.1) is 0 Å². The number of nitrogens with one attached hydrogen (secondary N) is 2. The Hall–Kier alpha value is -4.59. The van der Waals surface area contributed by atoms with Crippen molar-refractivity contribution in [3.05, 3.63) is 94.0 Å². The number of amides is 1. The van der Waals surface area contributed by atoms with Gasteiger partial charge in [0.2, 0.25) is 0 Å². The van der Waals surface area contributed by atoms with Crippen LogP contribution in [0.5, 0.6) is 0 Å². The van der Waals surface area contributed by atoms with Gasteiger partial charge in [-0.3, -0.25) is 29.1 Å². The van der Waals surface area contributed by atoms with E-state index in [2.05, 4.69) is 36.6 Å². The fourth-order valence-electron chi connectivity index (χ4n) is 8.04. The number of benzene rings is 2. The standard InChI is InChI=1S/C40H42Cl2N8O4/c1-54-40(53)25-11-17-49(18-12-25)33-9-4-15-50-34(33)20-32(47-50)39(52)46-31-8-3-6-29(36(31)42)28-5-2-7-30(35(28)41)45-38-37-26(10-14-43-38)19-24(21-44-37)22-48-16-13-27(51)23-48/h2-3,5-8,10,14,19-21,25,27,33,51H,4,9,11-13,15-18,22-23H2,1H3,(H,43,45)(H,46,52)/t27-,33+/m0/s1. The molecule has 0 aliphatic carbocycles. The molecule has 0 saturated carbocycles. The second kappa shape index (κ2) is 15.6. The second-order valence-corrected chi connectivity index (χ2v) is 15.1. The van der Waals surface area contributed by atoms with E-state index in [-0.39, 0.29) is 29.9 Å². The topological polar surface area (TPSA) is 138 Å². The fourth-order valence-corrected chi connectivity index (χ4v) is 8.59. The molecule has 54 heavy (non-hydrogen) atoms. The molecule has 2 fully saturated rings. The van der Waals surface area contributed by atoms with Gasteiger partial charge in [0.15, 0.2) is 11.5 Å². The fraction of sp³-hybridized carbons (Fsp3) is 0.375. The van der Waals surface area contributed by atoms with Gasteiger partial charge in [-0.25, -0.2) is 4.98 Å². The van der Waals surface area contributed by atoms with E-state index in [4.69, 9.17) is 32.9 Å². The largest absolute Gasteiger partial charge is 0.469 e. The number of anilines is 3. The molecule has 2 atom stereocenters. The highest BCUT2D eigenvalue weighted by atomic mass is 35.5. The lowest BCUT2D eigenvalue weighted by Crippen LogP contribution is -2.40. The monoisotopic (exact) mass is 768 g/mol. The number of aliphatic hydroxyl groups is 1. The Labute approximate surface area is 323 Å². The number of methoxy groups -OCH3 is 1. The molecule has 3 aliphatic heterocycles. The summed E-state index contributed by atoms with van der Waals surface area (Å²) in [5, 5.41) is 22.7. The molecule has 14 heteroatoms. The van der Waals surface area contributed by atoms with Crippen LogP contribution in [0.3, 0.4) is 0 Å². The molecular formula is C40H42Cl2N8O4. The molecule has 3 aromatic heterocycles. The predicted molar refractivity (Wildman–Crippen MR) is 209 cm³/mol. The minimum Gasteiger partial charge on any atom is -0.469 e. The van der Waals surface area contributed by atoms with Crippen LogP contribution in [0.1, 0.15) is 59.9 Å². The number of aliphatic hydroxyl groups excluding tert-OH is 1. The molecule has 5 aromatic rings. The van der Waals surface area contributed by atoms with Crippen molar-refractivity contribution in [2.24, 2.45) is 5.92 Å². The van der Waals surface area contributed by atoms with E-state index in [1.54, 1.807) is 12.3 Å². The highest BCUT2D eigenvalue weighted by molar-refractivity contribution is 6.39. The minimum atomic E-state index is -0.351. The highest BCUT2D eigenvalue weighted by Crippen LogP contribution is 2.41. The molecule has 12 nitrogen and oxygen atoms in total. The number of esters is 1. The van der Waals surface area contributed by atoms with Gasteiger partial charge < -0.3 is 20.5 Å². The molecule has 0 radical (unpaired) electrons. The van der Waals surface area contributed by atoms with Crippen molar-refractivity contribution >= 4 is 63.2 Å². The maximum Gasteiger partial charge on any atom is 0.308 e. The van der Waals surface area contributed by atoms with E-state index in [9.17, 15) is 14.7 Å². The van der Waals surface area contributed by atoms with Crippen molar-refractivity contribution in [1.82, 2.24) is 29.5 Å². The van der Waals surface area contributed by atoms with Crippen molar-refractivity contribution in [3.8, 4) is 11.1 Å². The zero-order valence-corrected chi connectivity index (χ0v) is 31.5. The number of ether oxygens (including phenoxy) is 1. The van der Waals surface area contributed by atoms with Crippen molar-refractivity contribution in [2.45, 2.75) is 57.3 Å². The number of likely N-dealkylation sites (tertiary alicyclic amines) is 2. The van der Waals surface area contributed by atoms with Gasteiger partial charge in [0.25, 0.3) is 5.91 Å². The summed E-state index contributed by atoms with van der Waals surface area (Å²) in [4.78, 5) is 39.7. The first kappa shape index (κ1) is 36.4. The Bertz CT molecular complexity index is 2200. The number of hydrogen-bond acceptors (Lipinski definition) is 10. The summed E-state index contributed by atoms with van der Waals surface area (Å²) in [6.45, 7) is 4.59. The minimum absolute atomic E-state index is 0.0647. The summed E-state index contributed by atoms with van der Waals surface area (Å²) in [5.74, 6) is 0.0112. The van der Waals surface area contributed by atoms with E-state index in [1.807, 2.05) is 53.3 Å². The van der Waals surface area contributed by atoms with Gasteiger partial charge in [0, 0.05) is 55.1 Å². The van der Waals surface area contributed by atoms with Crippen LogP contribution in [0.4, 0.5) is 17.2 Å². The Balaban J connectivity index is 0.982. The van der Waals surface area contributed by atoms with Crippen LogP contribution in [0.15, 0.2) is 67.0 Å². The first-order valence-electron chi connectivity index (χ1n) is 18.4. The average molecular weight is 770 g/mol. The number of hydrogen-bond donors (Lipinski definition) is 3. The van der Waals surface area contributed by atoms with E-state index < -0.39 is 0 Å². The normalized spacial score (nSPS) is 19.5. The zero-order valence-electron chi connectivity index (χ0n) is 30.0. The van der Waals surface area contributed by atoms with Gasteiger partial charge >= 0.3 is 5.97 Å². The van der Waals surface area contributed by atoms with E-state index in [1.165, 1.54) is 7.11 Å². The summed E-state index contributed by atoms with van der Waals surface area (Å²) in [6.07, 6.45) is 7.55. The third kappa shape index (κ3) is 7.41. The number of β-amino-alcohol motifs (C(OH)–C–C–N with tert-alkyl or cyclic N) is 1. The molecule has 2 saturated heterocycles. The number of aromatic nitrogens is 4. The number of fused-ring (bicyclic) bond motifs is 2. The predicted octanol–water partition coefficient (Wildman–Crippen LogP) is 7.08. The summed E-state index contributed by atoms with van der Waals surface area (Å²) in [6, 6.07) is 17.1. The SMILES string of the molecule is COC(=O)C1CCN([C@@H]2CCCn3nc(C(=O)Nc4cccc(-c5cccc(Nc6nccc7cc(CN8CC[C@H](O)C8)cnc67)c5Cl)c4Cl)cc32)CC1. The number of carbonyl (C=O) groups is 2. The first-order valence-corrected chi connectivity index (χ1v) is 19.2. The van der Waals surface area contributed by atoms with Crippen molar-refractivity contribution < 1.29 is 19.4 Å². The molecular weight excluding hydrogens is 727 g/mol. The highest BCUT2D eigenvalue weighted by Gasteiger charge is 2.34. The molecule has 3 aliphatic rings. The molecule has 3 N–H and O–H groups in total. The summed E-state index contributed by atoms with van der Waals surface area (Å²) in [7, 11) is 1.44. The van der Waals surface area contributed by atoms with Crippen LogP contribution < -0.4 is 10.6 Å². The lowest BCUT2D eigenvalue weighted by Gasteiger charge is -2.38. The lowest BCUT2D eigenvalue weighted by atomic mass is 9.93. The van der Waals surface area contributed by atoms with Gasteiger partial charge in [0.1, 0.15) is 5.52 Å². The van der Waals surface area contributed by atoms with Gasteiger partial charge in [0.05, 0.1) is 52.3 Å². The lowest BCUT2D eigenvalue weighted by molar-refractivity contribution is -0.147. The summed E-state index contributed by atoms with van der Waals surface area (Å²) >= 11 is 14.0. The Morgan fingerprint density at radius 3 is 2.43 bits per heavy atom. The summed E-state index contributed by atoms with van der Waals surface area (Å²) < 4.78 is 6.90. The Morgan fingerprint density at radius 1 is 0.926 bits per heavy atom. The molecule has 6 heterocycles. The maximum absolute atomic E-state index is 13.6. The average Bonchev–Trinajstić information content (AvgIpc) is 3.82. The molecule has 280 valence electrons. The number of aryl methyl sites for hydroxylation is 1. The number of pyridine rings is 2. The molecule has 2 aromatic carbocycles. The van der Waals surface area contributed by atoms with Crippen molar-refractivity contribution in [3.63, 3.8) is 0 Å². The third-order valence-electron chi connectivity index (χ3n) is 10.8. The smallest absolute Gasteiger partial charge is 0.308 e. The molecule has 0 unspecified atom stereocenters. The third-order valence-corrected chi connectivity index (χ3v) is 11.7. The van der Waals surface area contributed by atoms with E-state index in [0.717, 1.165) is 81.5 Å². The van der Waals surface area contributed by atoms with Crippen LogP contribution in [-0.2, 0) is 22.6 Å². The number of carbonyl (C=O) groups excluding carboxylic acids is 2. The van der Waals surface area contributed by atoms with Gasteiger partial charge in [-0.2, -0.15) is 5.10 Å². The Morgan fingerprint density at radius 2 is 1.69 bits per heavy atom. The van der Waals surface area contributed by atoms with Crippen molar-refractivity contribution in [2.75, 3.05) is 43.9 Å². The van der Waals surface area contributed by atoms with E-state index in [0.29, 0.717) is 56.1 Å².